The van der Waals surface area contributed by atoms with Crippen LogP contribution in [0.15, 0.2) is 66.7 Å². The molecule has 2 N–H and O–H groups in total. The van der Waals surface area contributed by atoms with Crippen LogP contribution in [0.4, 0.5) is 16.2 Å². The van der Waals surface area contributed by atoms with Crippen molar-refractivity contribution in [1.82, 2.24) is 4.98 Å². The summed E-state index contributed by atoms with van der Waals surface area (Å²) < 4.78 is 4.53. The molecule has 27 heavy (non-hydrogen) atoms. The van der Waals surface area contributed by atoms with E-state index in [-0.39, 0.29) is 5.91 Å². The average molecular weight is 361 g/mol. The van der Waals surface area contributed by atoms with Crippen molar-refractivity contribution in [2.24, 2.45) is 0 Å². The zero-order valence-corrected chi connectivity index (χ0v) is 15.0. The summed E-state index contributed by atoms with van der Waals surface area (Å²) in [7, 11) is 1.30. The van der Waals surface area contributed by atoms with Gasteiger partial charge in [0.05, 0.1) is 24.1 Å². The first-order valence-electron chi connectivity index (χ1n) is 8.36. The molecule has 3 aromatic rings. The number of pyridine rings is 1. The number of ether oxygens (including phenoxy) is 1. The third-order valence-corrected chi connectivity index (χ3v) is 3.97. The van der Waals surface area contributed by atoms with Crippen LogP contribution in [0, 0.1) is 6.92 Å². The standard InChI is InChI=1S/C21H19N3O3/c1-14-18(12-13-19(22-14)15-6-4-3-5-7-15)20(25)23-16-8-10-17(11-9-16)24-21(26)27-2/h3-13H,1-2H3,(H,23,25)(H,24,26). The molecule has 0 atom stereocenters. The molecule has 0 spiro atoms. The molecule has 6 heteroatoms. The summed E-state index contributed by atoms with van der Waals surface area (Å²) in [5.41, 5.74) is 4.17. The highest BCUT2D eigenvalue weighted by molar-refractivity contribution is 6.05. The fourth-order valence-electron chi connectivity index (χ4n) is 2.57. The SMILES string of the molecule is COC(=O)Nc1ccc(NC(=O)c2ccc(-c3ccccc3)nc2C)cc1. The summed E-state index contributed by atoms with van der Waals surface area (Å²) in [6.45, 7) is 1.81. The predicted octanol–water partition coefficient (Wildman–Crippen LogP) is 4.49. The van der Waals surface area contributed by atoms with Gasteiger partial charge in [-0.25, -0.2) is 4.79 Å². The number of benzene rings is 2. The maximum absolute atomic E-state index is 12.6. The Balaban J connectivity index is 1.72. The van der Waals surface area contributed by atoms with Gasteiger partial charge in [-0.15, -0.1) is 0 Å². The molecular weight excluding hydrogens is 342 g/mol. The average Bonchev–Trinajstić information content (AvgIpc) is 2.69. The van der Waals surface area contributed by atoms with Crippen LogP contribution in [0.1, 0.15) is 16.1 Å². The Morgan fingerprint density at radius 1 is 0.852 bits per heavy atom. The van der Waals surface area contributed by atoms with Gasteiger partial charge in [0, 0.05) is 16.9 Å². The van der Waals surface area contributed by atoms with Gasteiger partial charge in [-0.1, -0.05) is 30.3 Å². The van der Waals surface area contributed by atoms with E-state index in [1.807, 2.05) is 43.3 Å². The van der Waals surface area contributed by atoms with Crippen molar-refractivity contribution in [3.05, 3.63) is 78.0 Å². The minimum absolute atomic E-state index is 0.242. The number of rotatable bonds is 4. The van der Waals surface area contributed by atoms with Crippen LogP contribution < -0.4 is 10.6 Å². The molecule has 0 fully saturated rings. The van der Waals surface area contributed by atoms with Crippen molar-refractivity contribution in [3.63, 3.8) is 0 Å². The highest BCUT2D eigenvalue weighted by Crippen LogP contribution is 2.20. The van der Waals surface area contributed by atoms with Crippen molar-refractivity contribution in [2.45, 2.75) is 6.92 Å². The lowest BCUT2D eigenvalue weighted by Gasteiger charge is -2.10. The lowest BCUT2D eigenvalue weighted by Crippen LogP contribution is -2.14. The van der Waals surface area contributed by atoms with Crippen LogP contribution in [0.2, 0.25) is 0 Å². The lowest BCUT2D eigenvalue weighted by molar-refractivity contribution is 0.102. The number of carbonyl (C=O) groups is 2. The molecule has 1 aromatic heterocycles. The number of amides is 2. The molecule has 0 unspecified atom stereocenters. The number of methoxy groups -OCH3 is 1. The van der Waals surface area contributed by atoms with Crippen LogP contribution in [0.25, 0.3) is 11.3 Å². The summed E-state index contributed by atoms with van der Waals surface area (Å²) in [6, 6.07) is 20.2. The minimum Gasteiger partial charge on any atom is -0.453 e. The normalized spacial score (nSPS) is 10.1. The zero-order valence-electron chi connectivity index (χ0n) is 15.0. The van der Waals surface area contributed by atoms with Gasteiger partial charge >= 0.3 is 6.09 Å². The summed E-state index contributed by atoms with van der Waals surface area (Å²) >= 11 is 0. The van der Waals surface area contributed by atoms with E-state index < -0.39 is 6.09 Å². The number of nitrogens with one attached hydrogen (secondary N) is 2. The second-order valence-corrected chi connectivity index (χ2v) is 5.84. The van der Waals surface area contributed by atoms with Crippen molar-refractivity contribution < 1.29 is 14.3 Å². The summed E-state index contributed by atoms with van der Waals surface area (Å²) in [6.07, 6.45) is -0.549. The molecule has 136 valence electrons. The molecule has 0 aliphatic rings. The van der Waals surface area contributed by atoms with Crippen molar-refractivity contribution >= 4 is 23.4 Å². The molecule has 3 rings (SSSR count). The van der Waals surface area contributed by atoms with Gasteiger partial charge in [-0.3, -0.25) is 15.1 Å². The molecule has 0 radical (unpaired) electrons. The zero-order chi connectivity index (χ0) is 19.2. The van der Waals surface area contributed by atoms with Gasteiger partial charge in [-0.05, 0) is 43.3 Å². The first-order chi connectivity index (χ1) is 13.1. The van der Waals surface area contributed by atoms with E-state index in [9.17, 15) is 9.59 Å². The first kappa shape index (κ1) is 18.1. The second kappa shape index (κ2) is 8.14. The Kier molecular flexibility index (Phi) is 5.47. The van der Waals surface area contributed by atoms with E-state index in [1.54, 1.807) is 30.3 Å². The monoisotopic (exact) mass is 361 g/mol. The third-order valence-electron chi connectivity index (χ3n) is 3.97. The fraction of sp³-hybridized carbons (Fsp3) is 0.0952. The van der Waals surface area contributed by atoms with Crippen LogP contribution in [-0.4, -0.2) is 24.1 Å². The van der Waals surface area contributed by atoms with Gasteiger partial charge in [0.15, 0.2) is 0 Å². The molecule has 0 aliphatic heterocycles. The second-order valence-electron chi connectivity index (χ2n) is 5.84. The minimum atomic E-state index is -0.549. The number of aromatic nitrogens is 1. The van der Waals surface area contributed by atoms with E-state index in [2.05, 4.69) is 20.4 Å². The number of hydrogen-bond acceptors (Lipinski definition) is 4. The smallest absolute Gasteiger partial charge is 0.411 e. The summed E-state index contributed by atoms with van der Waals surface area (Å²) in [5, 5.41) is 5.38. The largest absolute Gasteiger partial charge is 0.453 e. The number of aryl methyl sites for hydroxylation is 1. The first-order valence-corrected chi connectivity index (χ1v) is 8.36. The highest BCUT2D eigenvalue weighted by Gasteiger charge is 2.12. The molecule has 0 saturated heterocycles. The Morgan fingerprint density at radius 2 is 1.48 bits per heavy atom. The van der Waals surface area contributed by atoms with E-state index in [0.29, 0.717) is 22.6 Å². The number of hydrogen-bond donors (Lipinski definition) is 2. The van der Waals surface area contributed by atoms with Crippen molar-refractivity contribution in [2.75, 3.05) is 17.7 Å². The van der Waals surface area contributed by atoms with E-state index in [4.69, 9.17) is 0 Å². The maximum Gasteiger partial charge on any atom is 0.411 e. The number of nitrogens with zero attached hydrogens (tertiary/aromatic N) is 1. The fourth-order valence-corrected chi connectivity index (χ4v) is 2.57. The quantitative estimate of drug-likeness (QED) is 0.718. The third kappa shape index (κ3) is 4.49. The Labute approximate surface area is 157 Å². The Morgan fingerprint density at radius 3 is 2.07 bits per heavy atom. The van der Waals surface area contributed by atoms with Gasteiger partial charge in [-0.2, -0.15) is 0 Å². The number of anilines is 2. The van der Waals surface area contributed by atoms with Gasteiger partial charge in [0.1, 0.15) is 0 Å². The van der Waals surface area contributed by atoms with Gasteiger partial charge in [0.2, 0.25) is 0 Å². The van der Waals surface area contributed by atoms with E-state index in [1.165, 1.54) is 7.11 Å². The van der Waals surface area contributed by atoms with Crippen molar-refractivity contribution in [1.29, 1.82) is 0 Å². The molecule has 2 amide bonds. The molecular formula is C21H19N3O3. The molecule has 2 aromatic carbocycles. The highest BCUT2D eigenvalue weighted by atomic mass is 16.5. The van der Waals surface area contributed by atoms with E-state index in [0.717, 1.165) is 11.3 Å². The predicted molar refractivity (Wildman–Crippen MR) is 105 cm³/mol. The van der Waals surface area contributed by atoms with Gasteiger partial charge in [0.25, 0.3) is 5.91 Å². The molecule has 0 aliphatic carbocycles. The Bertz CT molecular complexity index is 954. The number of carbonyl (C=O) groups excluding carboxylic acids is 2. The van der Waals surface area contributed by atoms with Crippen molar-refractivity contribution in [3.8, 4) is 11.3 Å². The molecule has 0 saturated carbocycles. The molecule has 0 bridgehead atoms. The summed E-state index contributed by atoms with van der Waals surface area (Å²) in [4.78, 5) is 28.3. The van der Waals surface area contributed by atoms with Crippen LogP contribution in [0.3, 0.4) is 0 Å². The maximum atomic E-state index is 12.6. The summed E-state index contributed by atoms with van der Waals surface area (Å²) in [5.74, 6) is -0.242. The van der Waals surface area contributed by atoms with Crippen LogP contribution >= 0.6 is 0 Å². The van der Waals surface area contributed by atoms with Crippen LogP contribution in [-0.2, 0) is 4.74 Å². The Hall–Kier alpha value is -3.67. The lowest BCUT2D eigenvalue weighted by atomic mass is 10.1. The van der Waals surface area contributed by atoms with Gasteiger partial charge < -0.3 is 10.1 Å². The van der Waals surface area contributed by atoms with Crippen LogP contribution in [0.5, 0.6) is 0 Å². The molecule has 6 nitrogen and oxygen atoms in total. The van der Waals surface area contributed by atoms with E-state index >= 15 is 0 Å². The molecule has 1 heterocycles. The topological polar surface area (TPSA) is 80.3 Å².